The van der Waals surface area contributed by atoms with E-state index in [4.69, 9.17) is 14.2 Å². The lowest BCUT2D eigenvalue weighted by Crippen LogP contribution is -2.51. The molecule has 0 radical (unpaired) electrons. The quantitative estimate of drug-likeness (QED) is 0.405. The monoisotopic (exact) mass is 477 g/mol. The van der Waals surface area contributed by atoms with Crippen LogP contribution in [0.15, 0.2) is 91.0 Å². The van der Waals surface area contributed by atoms with E-state index in [2.05, 4.69) is 5.32 Å². The predicted molar refractivity (Wildman–Crippen MR) is 126 cm³/mol. The zero-order valence-electron chi connectivity index (χ0n) is 18.9. The third-order valence-corrected chi connectivity index (χ3v) is 5.67. The van der Waals surface area contributed by atoms with Gasteiger partial charge in [0.15, 0.2) is 12.4 Å². The van der Waals surface area contributed by atoms with Crippen molar-refractivity contribution in [2.24, 2.45) is 0 Å². The first kappa shape index (κ1) is 24.6. The van der Waals surface area contributed by atoms with Crippen LogP contribution in [0.1, 0.15) is 26.3 Å². The Kier molecular flexibility index (Phi) is 8.23. The summed E-state index contributed by atoms with van der Waals surface area (Å²) in [5.74, 6) is -1.08. The first-order valence-electron chi connectivity index (χ1n) is 11.3. The van der Waals surface area contributed by atoms with Crippen molar-refractivity contribution in [3.8, 4) is 0 Å². The van der Waals surface area contributed by atoms with Crippen LogP contribution in [0.25, 0.3) is 0 Å². The van der Waals surface area contributed by atoms with Gasteiger partial charge in [-0.3, -0.25) is 4.79 Å². The standard InChI is InChI=1S/C27H27NO7/c29-16-21(30)23-24(34-26(32)20-14-8-3-9-15-20)22(28-25(31)19-12-6-2-7-13-19)27(35-23)33-17-18-10-4-1-5-11-18/h1-15,21-24,27,29-30H,16-17H2,(H,28,31). The number of hydrogen-bond acceptors (Lipinski definition) is 7. The van der Waals surface area contributed by atoms with Crippen molar-refractivity contribution in [1.29, 1.82) is 0 Å². The van der Waals surface area contributed by atoms with Crippen LogP contribution < -0.4 is 5.32 Å². The Hall–Kier alpha value is -3.56. The fraction of sp³-hybridized carbons (Fsp3) is 0.259. The molecule has 5 atom stereocenters. The minimum atomic E-state index is -1.37. The van der Waals surface area contributed by atoms with Gasteiger partial charge in [0.05, 0.1) is 18.8 Å². The molecule has 4 rings (SSSR count). The number of carbonyl (C=O) groups is 2. The summed E-state index contributed by atoms with van der Waals surface area (Å²) in [6.45, 7) is -0.473. The van der Waals surface area contributed by atoms with Crippen LogP contribution in [-0.4, -0.2) is 59.3 Å². The molecule has 182 valence electrons. The molecule has 0 saturated carbocycles. The molecule has 3 aromatic rings. The molecular weight excluding hydrogens is 450 g/mol. The Bertz CT molecular complexity index is 1090. The summed E-state index contributed by atoms with van der Waals surface area (Å²) in [5.41, 5.74) is 1.56. The van der Waals surface area contributed by atoms with Gasteiger partial charge >= 0.3 is 5.97 Å². The van der Waals surface area contributed by atoms with Crippen LogP contribution >= 0.6 is 0 Å². The average molecular weight is 478 g/mol. The number of ether oxygens (including phenoxy) is 3. The Morgan fingerprint density at radius 2 is 1.46 bits per heavy atom. The van der Waals surface area contributed by atoms with Crippen LogP contribution in [0.3, 0.4) is 0 Å². The summed E-state index contributed by atoms with van der Waals surface area (Å²) in [5, 5.41) is 22.9. The molecule has 3 N–H and O–H groups in total. The lowest BCUT2D eigenvalue weighted by molar-refractivity contribution is -0.171. The molecule has 1 heterocycles. The molecule has 0 bridgehead atoms. The van der Waals surface area contributed by atoms with Crippen LogP contribution in [0.2, 0.25) is 0 Å². The van der Waals surface area contributed by atoms with E-state index >= 15 is 0 Å². The summed E-state index contributed by atoms with van der Waals surface area (Å²) in [7, 11) is 0. The number of carbonyl (C=O) groups excluding carboxylic acids is 2. The summed E-state index contributed by atoms with van der Waals surface area (Å²) in [6, 6.07) is 25.3. The van der Waals surface area contributed by atoms with Gasteiger partial charge in [-0.2, -0.15) is 0 Å². The molecule has 5 unspecified atom stereocenters. The average Bonchev–Trinajstić information content (AvgIpc) is 3.25. The van der Waals surface area contributed by atoms with E-state index in [1.807, 2.05) is 30.3 Å². The maximum atomic E-state index is 13.0. The molecule has 1 fully saturated rings. The lowest BCUT2D eigenvalue weighted by Gasteiger charge is -2.26. The molecule has 1 aliphatic rings. The lowest BCUT2D eigenvalue weighted by atomic mass is 10.0. The van der Waals surface area contributed by atoms with Crippen molar-refractivity contribution in [3.63, 3.8) is 0 Å². The molecule has 0 aliphatic carbocycles. The summed E-state index contributed by atoms with van der Waals surface area (Å²) >= 11 is 0. The zero-order valence-corrected chi connectivity index (χ0v) is 18.9. The minimum absolute atomic E-state index is 0.157. The van der Waals surface area contributed by atoms with Crippen molar-refractivity contribution in [2.45, 2.75) is 37.3 Å². The van der Waals surface area contributed by atoms with Gasteiger partial charge in [0.25, 0.3) is 5.91 Å². The van der Waals surface area contributed by atoms with Crippen molar-refractivity contribution in [1.82, 2.24) is 5.32 Å². The van der Waals surface area contributed by atoms with Gasteiger partial charge in [-0.15, -0.1) is 0 Å². The van der Waals surface area contributed by atoms with Crippen molar-refractivity contribution in [3.05, 3.63) is 108 Å². The maximum Gasteiger partial charge on any atom is 0.338 e. The zero-order chi connectivity index (χ0) is 24.6. The number of aliphatic hydroxyl groups excluding tert-OH is 2. The molecule has 3 aromatic carbocycles. The van der Waals surface area contributed by atoms with E-state index < -0.39 is 49.1 Å². The van der Waals surface area contributed by atoms with Crippen LogP contribution in [0.4, 0.5) is 0 Å². The fourth-order valence-electron chi connectivity index (χ4n) is 3.87. The molecule has 1 amide bonds. The van der Waals surface area contributed by atoms with E-state index in [9.17, 15) is 19.8 Å². The topological polar surface area (TPSA) is 114 Å². The molecule has 35 heavy (non-hydrogen) atoms. The third kappa shape index (κ3) is 6.12. The number of aliphatic hydroxyl groups is 2. The van der Waals surface area contributed by atoms with E-state index in [0.29, 0.717) is 11.1 Å². The normalized spacial score (nSPS) is 22.3. The van der Waals surface area contributed by atoms with Crippen LogP contribution in [0.5, 0.6) is 0 Å². The number of benzene rings is 3. The molecule has 0 aromatic heterocycles. The summed E-state index contributed by atoms with van der Waals surface area (Å²) < 4.78 is 17.6. The van der Waals surface area contributed by atoms with E-state index in [0.717, 1.165) is 5.56 Å². The first-order valence-corrected chi connectivity index (χ1v) is 11.3. The largest absolute Gasteiger partial charge is 0.453 e. The van der Waals surface area contributed by atoms with E-state index in [1.165, 1.54) is 0 Å². The van der Waals surface area contributed by atoms with Gasteiger partial charge in [-0.1, -0.05) is 66.7 Å². The van der Waals surface area contributed by atoms with Gasteiger partial charge in [-0.05, 0) is 29.8 Å². The molecular formula is C27H27NO7. The Balaban J connectivity index is 1.60. The number of esters is 1. The SMILES string of the molecule is O=C(NC1C(OCc2ccccc2)OC(C(O)CO)C1OC(=O)c1ccccc1)c1ccccc1. The van der Waals surface area contributed by atoms with E-state index in [1.54, 1.807) is 60.7 Å². The highest BCUT2D eigenvalue weighted by molar-refractivity contribution is 5.94. The van der Waals surface area contributed by atoms with Crippen molar-refractivity contribution in [2.75, 3.05) is 6.61 Å². The van der Waals surface area contributed by atoms with Crippen molar-refractivity contribution >= 4 is 11.9 Å². The summed E-state index contributed by atoms with van der Waals surface area (Å²) in [4.78, 5) is 25.9. The number of amides is 1. The molecule has 8 heteroatoms. The Morgan fingerprint density at radius 3 is 2.06 bits per heavy atom. The smallest absolute Gasteiger partial charge is 0.338 e. The Morgan fingerprint density at radius 1 is 0.886 bits per heavy atom. The van der Waals surface area contributed by atoms with Gasteiger partial charge < -0.3 is 29.7 Å². The minimum Gasteiger partial charge on any atom is -0.453 e. The first-order chi connectivity index (χ1) is 17.1. The highest BCUT2D eigenvalue weighted by Gasteiger charge is 2.51. The van der Waals surface area contributed by atoms with Crippen molar-refractivity contribution < 1.29 is 34.0 Å². The molecule has 8 nitrogen and oxygen atoms in total. The van der Waals surface area contributed by atoms with Gasteiger partial charge in [-0.25, -0.2) is 4.79 Å². The van der Waals surface area contributed by atoms with Crippen LogP contribution in [0, 0.1) is 0 Å². The number of hydrogen-bond donors (Lipinski definition) is 3. The highest BCUT2D eigenvalue weighted by Crippen LogP contribution is 2.29. The Labute approximate surface area is 203 Å². The molecule has 1 saturated heterocycles. The molecule has 0 spiro atoms. The van der Waals surface area contributed by atoms with E-state index in [-0.39, 0.29) is 6.61 Å². The highest BCUT2D eigenvalue weighted by atomic mass is 16.7. The van der Waals surface area contributed by atoms with Gasteiger partial charge in [0.1, 0.15) is 18.2 Å². The number of nitrogens with one attached hydrogen (secondary N) is 1. The second-order valence-corrected chi connectivity index (χ2v) is 8.12. The fourth-order valence-corrected chi connectivity index (χ4v) is 3.87. The van der Waals surface area contributed by atoms with Crippen LogP contribution in [-0.2, 0) is 20.8 Å². The second-order valence-electron chi connectivity index (χ2n) is 8.12. The predicted octanol–water partition coefficient (Wildman–Crippen LogP) is 2.31. The van der Waals surface area contributed by atoms with Gasteiger partial charge in [0, 0.05) is 5.56 Å². The second kappa shape index (κ2) is 11.7. The molecule has 1 aliphatic heterocycles. The third-order valence-electron chi connectivity index (χ3n) is 5.67. The van der Waals surface area contributed by atoms with Gasteiger partial charge in [0.2, 0.25) is 0 Å². The maximum absolute atomic E-state index is 13.0. The number of rotatable bonds is 9. The summed E-state index contributed by atoms with van der Waals surface area (Å²) in [6.07, 6.45) is -4.68.